The van der Waals surface area contributed by atoms with Gasteiger partial charge in [0.2, 0.25) is 0 Å². The number of H-pyrrole nitrogens is 4. The molecule has 51 heteroatoms. The van der Waals surface area contributed by atoms with Gasteiger partial charge in [-0.15, -0.1) is 47.0 Å². The summed E-state index contributed by atoms with van der Waals surface area (Å²) in [7, 11) is -24.9. The number of aliphatic hydroxyl groups excluding tert-OH is 3. The summed E-state index contributed by atoms with van der Waals surface area (Å²) in [6.45, 7) is 12.7. The molecule has 7 saturated heterocycles. The average molecular weight is 1580 g/mol. The third kappa shape index (κ3) is 21.8. The van der Waals surface area contributed by atoms with Crippen LogP contribution in [-0.2, 0) is 73.4 Å². The molecule has 0 spiro atoms. The monoisotopic (exact) mass is 1580 g/mol. The summed E-state index contributed by atoms with van der Waals surface area (Å²) in [6.07, 6.45) is -0.285. The fraction of sp³-hybridized carbons (Fsp3) is 0.660. The van der Waals surface area contributed by atoms with Gasteiger partial charge in [0, 0.05) is 62.4 Å². The van der Waals surface area contributed by atoms with Crippen LogP contribution in [0, 0.1) is 0 Å². The summed E-state index contributed by atoms with van der Waals surface area (Å²) in [5.74, 6) is -2.42. The molecule has 19 atom stereocenters. The molecule has 0 aliphatic carbocycles. The van der Waals surface area contributed by atoms with Gasteiger partial charge in [0.15, 0.2) is 24.7 Å². The van der Waals surface area contributed by atoms with Gasteiger partial charge in [0.1, 0.15) is 64.2 Å². The van der Waals surface area contributed by atoms with Crippen LogP contribution in [0.3, 0.4) is 0 Å². The predicted octanol–water partition coefficient (Wildman–Crippen LogP) is -6.01. The number of nitrogens with one attached hydrogen (secondary N) is 4. The van der Waals surface area contributed by atoms with Crippen molar-refractivity contribution < 1.29 is 148 Å². The second kappa shape index (κ2) is 32.1. The fourth-order valence-electron chi connectivity index (χ4n) is 10.5. The Morgan fingerprint density at radius 3 is 1.09 bits per heavy atom. The number of aromatic nitrogens is 8. The van der Waals surface area contributed by atoms with E-state index in [1.165, 1.54) is 85.8 Å². The zero-order valence-electron chi connectivity index (χ0n) is 52.5. The Labute approximate surface area is 590 Å². The number of hydrogen-bond donors (Lipinski definition) is 10. The minimum Gasteiger partial charge on any atom is -0.756 e. The molecule has 544 valence electrons. The molecule has 0 amide bonds. The Morgan fingerprint density at radius 2 is 0.765 bits per heavy atom. The van der Waals surface area contributed by atoms with E-state index in [1.54, 1.807) is 41.0 Å². The maximum absolute atomic E-state index is 12.1. The summed E-state index contributed by atoms with van der Waals surface area (Å²) in [5.41, 5.74) is -4.61. The molecule has 11 rings (SSSR count). The van der Waals surface area contributed by atoms with Crippen LogP contribution >= 0.6 is 85.7 Å². The number of aliphatic hydroxyl groups is 3. The molecule has 0 saturated carbocycles. The Hall–Kier alpha value is -2.53. The topological polar surface area (TPSA) is 597 Å². The minimum atomic E-state index is -6.07. The summed E-state index contributed by atoms with van der Waals surface area (Å²) < 4.78 is 117. The standard InChI is InChI=1S/C14H21N2O6PS.C12H17N2O8PS.C12H16N2O5S.C9H15N2O14P3S.Na/c1-14(2)21-10-8(7-20-23(3,4)19)24-12(11(10)22-14)16-6-5-9(17)15-13(16)18;1-12(2)21-8-6(5-20-23(17,18)19)24-10(9(8)22-12)14-4-3-7(15)13-11(14)16;1-12(2)18-8-6(5-15)20-10(9(8)19-12)14-4-3-7(16)13-11(14)17;12-5-1-2-11(9(15)10-5)8-7(14)6(13)4(29-8)3-23-27(19,20)25-28(21,22)24-26(16,17)18;/h5-6,8,10-12H,7H2,1-4H3,(H,15,17,18);3-4,6,8-10H,5H2,1-2H3,(H,13,15,16)(H2,17,18,19);3-4,6,8-10,15H,5H2,1-2H3,(H,13,16,17);1-2,4,6-8,13-14H,3H2,(H,19,20)(H,21,22)(H,10,12,15)(H2,16,17,18);/q;;;;+1/p-3/t8-,10-,11-,12-;2*6-,8-,9-,10-;4-,6-,7-,8-;/m1111./s1. The number of fused-ring (bicyclic) bond motifs is 3. The van der Waals surface area contributed by atoms with Crippen molar-refractivity contribution >= 4 is 85.7 Å². The van der Waals surface area contributed by atoms with Crippen LogP contribution in [0.2, 0.25) is 0 Å². The molecule has 0 aromatic carbocycles. The number of phosphoric acid groups is 4. The Balaban J connectivity index is 0.000000185. The van der Waals surface area contributed by atoms with Crippen molar-refractivity contribution in [2.75, 3.05) is 39.8 Å². The van der Waals surface area contributed by atoms with Crippen LogP contribution in [0.25, 0.3) is 0 Å². The third-order valence-corrected chi connectivity index (χ3v) is 25.2. The normalized spacial score (nSPS) is 32.0. The SMILES string of the molecule is CC1(C)O[C@@H]2[C@H](O1)[C@@H](CO)S[C@H]2n1ccc(=O)[nH]c1=O.CC1(C)O[C@@H]2[C@H](O1)[C@@H](COP(=O)(O)O)S[C@H]2n1ccc(=O)[nH]c1=O.CC1(C)O[C@@H]2[C@H](O1)[C@@H](COP(C)(C)=O)S[C@H]2n1ccc(=O)[nH]c1=O.O=c1ccn([C@@H]2S[C@H](COP(=O)([O-])OP(=O)([O-])OP(=O)([O-])O)[C@@H](O)[C@H]2O)c(=O)[nH]1.[Na+]. The number of nitrogens with zero attached hydrogens (tertiary/aromatic N) is 4. The molecule has 11 heterocycles. The first kappa shape index (κ1) is 82.8. The van der Waals surface area contributed by atoms with Gasteiger partial charge in [0.05, 0.1) is 53.5 Å². The Morgan fingerprint density at radius 1 is 0.459 bits per heavy atom. The third-order valence-electron chi connectivity index (χ3n) is 14.2. The predicted molar refractivity (Wildman–Crippen MR) is 334 cm³/mol. The van der Waals surface area contributed by atoms with E-state index in [1.807, 2.05) is 18.8 Å². The van der Waals surface area contributed by atoms with Crippen molar-refractivity contribution in [2.24, 2.45) is 0 Å². The van der Waals surface area contributed by atoms with Gasteiger partial charge in [0.25, 0.3) is 45.7 Å². The quantitative estimate of drug-likeness (QED) is 0.0327. The Bertz CT molecular complexity index is 4140. The second-order valence-electron chi connectivity index (χ2n) is 23.3. The summed E-state index contributed by atoms with van der Waals surface area (Å²) in [6, 6.07) is 4.78. The van der Waals surface area contributed by atoms with E-state index >= 15 is 0 Å². The molecule has 10 N–H and O–H groups in total. The molecule has 3 unspecified atom stereocenters. The zero-order chi connectivity index (χ0) is 72.1. The number of phosphoric ester groups is 2. The van der Waals surface area contributed by atoms with Crippen molar-refractivity contribution in [2.45, 2.75) is 150 Å². The van der Waals surface area contributed by atoms with E-state index < -0.39 is 153 Å². The van der Waals surface area contributed by atoms with Gasteiger partial charge >= 0.3 is 60.1 Å². The van der Waals surface area contributed by atoms with Crippen molar-refractivity contribution in [3.05, 3.63) is 132 Å². The number of ether oxygens (including phenoxy) is 6. The molecule has 4 aromatic heterocycles. The van der Waals surface area contributed by atoms with Gasteiger partial charge in [-0.3, -0.25) is 80.2 Å². The van der Waals surface area contributed by atoms with Crippen LogP contribution in [0.15, 0.2) is 87.4 Å². The molecular weight excluding hydrogens is 1510 g/mol. The van der Waals surface area contributed by atoms with E-state index in [-0.39, 0.29) is 95.0 Å². The molecule has 0 bridgehead atoms. The van der Waals surface area contributed by atoms with E-state index in [2.05, 4.69) is 32.6 Å². The van der Waals surface area contributed by atoms with E-state index in [0.717, 1.165) is 16.8 Å². The first-order valence-corrected chi connectivity index (χ1v) is 40.4. The van der Waals surface area contributed by atoms with Crippen LogP contribution in [-0.4, -0.2) is 195 Å². The van der Waals surface area contributed by atoms with Crippen LogP contribution in [0.4, 0.5) is 0 Å². The zero-order valence-corrected chi connectivity index (χ0v) is 62.3. The smallest absolute Gasteiger partial charge is 0.756 e. The molecule has 4 aromatic rings. The van der Waals surface area contributed by atoms with Gasteiger partial charge in [-0.1, -0.05) is 0 Å². The molecular formula is C47H66N8NaO33P5S4-2. The van der Waals surface area contributed by atoms with Crippen LogP contribution in [0.1, 0.15) is 63.0 Å². The molecule has 0 radical (unpaired) electrons. The maximum Gasteiger partial charge on any atom is 1.00 e. The van der Waals surface area contributed by atoms with Gasteiger partial charge in [-0.25, -0.2) is 32.4 Å². The van der Waals surface area contributed by atoms with E-state index in [0.29, 0.717) is 11.8 Å². The minimum absolute atomic E-state index is 0. The van der Waals surface area contributed by atoms with E-state index in [4.69, 9.17) is 47.6 Å². The summed E-state index contributed by atoms with van der Waals surface area (Å²) in [5, 5.41) is 25.2. The van der Waals surface area contributed by atoms with Crippen molar-refractivity contribution in [3.8, 4) is 0 Å². The van der Waals surface area contributed by atoms with Crippen LogP contribution in [0.5, 0.6) is 0 Å². The molecule has 41 nitrogen and oxygen atoms in total. The van der Waals surface area contributed by atoms with Crippen molar-refractivity contribution in [1.82, 2.24) is 38.2 Å². The molecule has 7 aliphatic rings. The fourth-order valence-corrected chi connectivity index (χ4v) is 20.6. The van der Waals surface area contributed by atoms with Crippen molar-refractivity contribution in [1.29, 1.82) is 0 Å². The summed E-state index contributed by atoms with van der Waals surface area (Å²) in [4.78, 5) is 160. The molecule has 7 fully saturated rings. The maximum atomic E-state index is 12.1. The largest absolute Gasteiger partial charge is 1.00 e. The second-order valence-corrected chi connectivity index (χ2v) is 37.1. The Kier molecular flexibility index (Phi) is 27.1. The van der Waals surface area contributed by atoms with Gasteiger partial charge in [-0.2, -0.15) is 0 Å². The number of thioether (sulfide) groups is 4. The molecule has 7 aliphatic heterocycles. The van der Waals surface area contributed by atoms with Crippen molar-refractivity contribution in [3.63, 3.8) is 0 Å². The average Bonchev–Trinajstić information content (AvgIpc) is 1.61. The van der Waals surface area contributed by atoms with Gasteiger partial charge in [-0.05, 0) is 41.5 Å². The summed E-state index contributed by atoms with van der Waals surface area (Å²) >= 11 is 4.78. The van der Waals surface area contributed by atoms with Gasteiger partial charge < -0.3 is 82.1 Å². The number of aromatic amines is 4. The number of hydrogen-bond acceptors (Lipinski definition) is 34. The first-order chi connectivity index (χ1) is 44.6. The number of rotatable bonds is 18. The first-order valence-electron chi connectivity index (χ1n) is 28.2. The van der Waals surface area contributed by atoms with E-state index in [9.17, 15) is 91.2 Å². The van der Waals surface area contributed by atoms with Crippen LogP contribution < -0.4 is 89.2 Å². The molecule has 98 heavy (non-hydrogen) atoms.